The number of esters is 2. The first kappa shape index (κ1) is 26.7. The fourth-order valence-electron chi connectivity index (χ4n) is 3.45. The molecule has 1 rings (SSSR count). The topological polar surface area (TPSA) is 89.9 Å². The van der Waals surface area contributed by atoms with Gasteiger partial charge in [-0.3, -0.25) is 0 Å². The summed E-state index contributed by atoms with van der Waals surface area (Å²) in [4.78, 5) is 37.3. The molecule has 0 aliphatic carbocycles. The Hall–Kier alpha value is -2.37. The summed E-state index contributed by atoms with van der Waals surface area (Å²) < 4.78 is 10.9. The Morgan fingerprint density at radius 2 is 1.29 bits per heavy atom. The molecule has 2 atom stereocenters. The molecule has 0 bridgehead atoms. The summed E-state index contributed by atoms with van der Waals surface area (Å²) in [6.07, 6.45) is 7.85. The first-order valence-electron chi connectivity index (χ1n) is 11.6. The maximum absolute atomic E-state index is 12.8. The second-order valence-corrected chi connectivity index (χ2v) is 8.06. The number of benzene rings is 1. The molecule has 6 nitrogen and oxygen atoms in total. The van der Waals surface area contributed by atoms with Crippen LogP contribution in [0.15, 0.2) is 18.2 Å². The van der Waals surface area contributed by atoms with E-state index in [1.165, 1.54) is 18.2 Å². The molecule has 1 N–H and O–H groups in total. The van der Waals surface area contributed by atoms with Crippen LogP contribution >= 0.6 is 0 Å². The standard InChI is InChI=1S/C25H38O6/c1-5-9-12-18(7-3)16-30-24(28)21-15-11-14-20(23(26)27)22(21)25(29)31-17-19(8-4)13-10-6-2/h11,14-15,18-19H,5-10,12-13,16-17H2,1-4H3,(H,26,27). The molecule has 0 radical (unpaired) electrons. The zero-order valence-corrected chi connectivity index (χ0v) is 19.4. The highest BCUT2D eigenvalue weighted by atomic mass is 16.5. The summed E-state index contributed by atoms with van der Waals surface area (Å²) in [6.45, 7) is 8.74. The van der Waals surface area contributed by atoms with Crippen molar-refractivity contribution in [2.75, 3.05) is 13.2 Å². The maximum atomic E-state index is 12.8. The average Bonchev–Trinajstić information content (AvgIpc) is 2.78. The van der Waals surface area contributed by atoms with Crippen molar-refractivity contribution < 1.29 is 29.0 Å². The Bertz CT molecular complexity index is 712. The van der Waals surface area contributed by atoms with Gasteiger partial charge in [0.25, 0.3) is 0 Å². The maximum Gasteiger partial charge on any atom is 0.339 e. The Kier molecular flexibility index (Phi) is 12.6. The number of unbranched alkanes of at least 4 members (excludes halogenated alkanes) is 2. The molecular formula is C25H38O6. The Morgan fingerprint density at radius 1 is 0.806 bits per heavy atom. The van der Waals surface area contributed by atoms with Gasteiger partial charge in [0.1, 0.15) is 0 Å². The van der Waals surface area contributed by atoms with Crippen molar-refractivity contribution >= 4 is 17.9 Å². The highest BCUT2D eigenvalue weighted by Crippen LogP contribution is 2.21. The molecule has 1 aromatic carbocycles. The number of ether oxygens (including phenoxy) is 2. The van der Waals surface area contributed by atoms with Crippen LogP contribution in [0, 0.1) is 11.8 Å². The van der Waals surface area contributed by atoms with Gasteiger partial charge in [-0.2, -0.15) is 0 Å². The van der Waals surface area contributed by atoms with Gasteiger partial charge < -0.3 is 14.6 Å². The Morgan fingerprint density at radius 3 is 1.74 bits per heavy atom. The molecule has 0 heterocycles. The van der Waals surface area contributed by atoms with E-state index in [1.54, 1.807) is 0 Å². The lowest BCUT2D eigenvalue weighted by atomic mass is 9.99. The second-order valence-electron chi connectivity index (χ2n) is 8.06. The molecule has 0 spiro atoms. The van der Waals surface area contributed by atoms with Crippen LogP contribution in [-0.4, -0.2) is 36.2 Å². The number of carbonyl (C=O) groups excluding carboxylic acids is 2. The molecule has 0 saturated carbocycles. The molecule has 0 fully saturated rings. The Labute approximate surface area is 186 Å². The highest BCUT2D eigenvalue weighted by Gasteiger charge is 2.27. The van der Waals surface area contributed by atoms with Crippen molar-refractivity contribution in [2.24, 2.45) is 11.8 Å². The van der Waals surface area contributed by atoms with Crippen molar-refractivity contribution in [3.05, 3.63) is 34.9 Å². The first-order valence-corrected chi connectivity index (χ1v) is 11.6. The minimum absolute atomic E-state index is 0.0585. The lowest BCUT2D eigenvalue weighted by molar-refractivity contribution is 0.0378. The molecule has 174 valence electrons. The first-order chi connectivity index (χ1) is 14.9. The van der Waals surface area contributed by atoms with E-state index in [0.29, 0.717) is 0 Å². The molecule has 2 unspecified atom stereocenters. The molecule has 31 heavy (non-hydrogen) atoms. The minimum atomic E-state index is -1.28. The quantitative estimate of drug-likeness (QED) is 0.334. The van der Waals surface area contributed by atoms with E-state index in [0.717, 1.165) is 51.4 Å². The summed E-state index contributed by atoms with van der Waals surface area (Å²) in [5, 5.41) is 9.55. The summed E-state index contributed by atoms with van der Waals surface area (Å²) in [7, 11) is 0. The fraction of sp³-hybridized carbons (Fsp3) is 0.640. The zero-order chi connectivity index (χ0) is 23.2. The van der Waals surface area contributed by atoms with Gasteiger partial charge in [0.05, 0.1) is 29.9 Å². The third-order valence-electron chi connectivity index (χ3n) is 5.71. The largest absolute Gasteiger partial charge is 0.478 e. The molecule has 0 aromatic heterocycles. The van der Waals surface area contributed by atoms with Gasteiger partial charge in [-0.15, -0.1) is 0 Å². The number of hydrogen-bond donors (Lipinski definition) is 1. The van der Waals surface area contributed by atoms with Gasteiger partial charge in [0, 0.05) is 0 Å². The van der Waals surface area contributed by atoms with E-state index in [9.17, 15) is 19.5 Å². The average molecular weight is 435 g/mol. The summed E-state index contributed by atoms with van der Waals surface area (Å²) in [6, 6.07) is 4.17. The monoisotopic (exact) mass is 434 g/mol. The number of hydrogen-bond acceptors (Lipinski definition) is 5. The lowest BCUT2D eigenvalue weighted by Crippen LogP contribution is -2.22. The third kappa shape index (κ3) is 8.72. The second kappa shape index (κ2) is 14.6. The summed E-state index contributed by atoms with van der Waals surface area (Å²) in [5.74, 6) is -2.32. The van der Waals surface area contributed by atoms with Crippen molar-refractivity contribution in [3.63, 3.8) is 0 Å². The van der Waals surface area contributed by atoms with Crippen LogP contribution in [0.2, 0.25) is 0 Å². The van der Waals surface area contributed by atoms with Gasteiger partial charge in [0.2, 0.25) is 0 Å². The lowest BCUT2D eigenvalue weighted by Gasteiger charge is -2.17. The van der Waals surface area contributed by atoms with E-state index >= 15 is 0 Å². The van der Waals surface area contributed by atoms with Crippen molar-refractivity contribution in [1.29, 1.82) is 0 Å². The van der Waals surface area contributed by atoms with E-state index in [-0.39, 0.29) is 41.7 Å². The van der Waals surface area contributed by atoms with Gasteiger partial charge in [-0.1, -0.05) is 72.3 Å². The van der Waals surface area contributed by atoms with E-state index in [4.69, 9.17) is 9.47 Å². The van der Waals surface area contributed by atoms with Crippen LogP contribution in [0.5, 0.6) is 0 Å². The molecule has 6 heteroatoms. The van der Waals surface area contributed by atoms with Crippen molar-refractivity contribution in [1.82, 2.24) is 0 Å². The highest BCUT2D eigenvalue weighted by molar-refractivity contribution is 6.10. The third-order valence-corrected chi connectivity index (χ3v) is 5.71. The predicted molar refractivity (Wildman–Crippen MR) is 121 cm³/mol. The number of carboxylic acids is 1. The normalized spacial score (nSPS) is 12.8. The van der Waals surface area contributed by atoms with Crippen LogP contribution in [-0.2, 0) is 9.47 Å². The van der Waals surface area contributed by atoms with Crippen LogP contribution in [0.1, 0.15) is 110 Å². The zero-order valence-electron chi connectivity index (χ0n) is 19.4. The van der Waals surface area contributed by atoms with Crippen LogP contribution in [0.4, 0.5) is 0 Å². The summed E-state index contributed by atoms with van der Waals surface area (Å²) in [5.41, 5.74) is -0.539. The van der Waals surface area contributed by atoms with Crippen LogP contribution in [0.25, 0.3) is 0 Å². The minimum Gasteiger partial charge on any atom is -0.478 e. The van der Waals surface area contributed by atoms with Gasteiger partial charge >= 0.3 is 17.9 Å². The fourth-order valence-corrected chi connectivity index (χ4v) is 3.45. The van der Waals surface area contributed by atoms with Gasteiger partial charge in [0.15, 0.2) is 0 Å². The van der Waals surface area contributed by atoms with Gasteiger partial charge in [-0.25, -0.2) is 14.4 Å². The molecule has 0 aliphatic rings. The van der Waals surface area contributed by atoms with Crippen molar-refractivity contribution in [2.45, 2.75) is 79.1 Å². The molecule has 0 amide bonds. The number of aromatic carboxylic acids is 1. The SMILES string of the molecule is CCCCC(CC)COC(=O)c1cccc(C(=O)O)c1C(=O)OCC(CC)CCCC. The van der Waals surface area contributed by atoms with E-state index < -0.39 is 17.9 Å². The number of carboxylic acid groups (broad SMARTS) is 1. The van der Waals surface area contributed by atoms with Crippen LogP contribution in [0.3, 0.4) is 0 Å². The van der Waals surface area contributed by atoms with E-state index in [2.05, 4.69) is 13.8 Å². The molecular weight excluding hydrogens is 396 g/mol. The molecule has 0 aliphatic heterocycles. The van der Waals surface area contributed by atoms with Gasteiger partial charge in [-0.05, 0) is 36.8 Å². The molecule has 0 saturated heterocycles. The van der Waals surface area contributed by atoms with Crippen LogP contribution < -0.4 is 0 Å². The predicted octanol–water partition coefficient (Wildman–Crippen LogP) is 6.13. The van der Waals surface area contributed by atoms with E-state index in [1.807, 2.05) is 13.8 Å². The molecule has 1 aromatic rings. The smallest absolute Gasteiger partial charge is 0.339 e. The number of rotatable bonds is 15. The Balaban J connectivity index is 3.01. The summed E-state index contributed by atoms with van der Waals surface area (Å²) >= 11 is 0. The number of carbonyl (C=O) groups is 3. The van der Waals surface area contributed by atoms with Crippen molar-refractivity contribution in [3.8, 4) is 0 Å².